The molecule has 14 rings (SSSR count). The number of para-hydroxylation sites is 1. The van der Waals surface area contributed by atoms with E-state index in [1.54, 1.807) is 11.1 Å². The Labute approximate surface area is 738 Å². The summed E-state index contributed by atoms with van der Waals surface area (Å²) in [6.07, 6.45) is 39.7. The van der Waals surface area contributed by atoms with Crippen molar-refractivity contribution in [3.8, 4) is 0 Å². The smallest absolute Gasteiger partial charge is 0.137 e. The maximum Gasteiger partial charge on any atom is 0.137 e. The van der Waals surface area contributed by atoms with E-state index in [1.165, 1.54) is 32.5 Å². The van der Waals surface area contributed by atoms with E-state index in [4.69, 9.17) is 18.1 Å². The zero-order valence-electron chi connectivity index (χ0n) is 81.9. The molecule has 5 aliphatic rings. The van der Waals surface area contributed by atoms with Crippen LogP contribution in [0.25, 0.3) is 10.9 Å². The molecule has 656 valence electrons. The molecule has 2 aliphatic heterocycles. The number of furan rings is 2. The van der Waals surface area contributed by atoms with E-state index in [2.05, 4.69) is 397 Å². The predicted octanol–water partition coefficient (Wildman–Crippen LogP) is 31.5. The lowest BCUT2D eigenvalue weighted by atomic mass is 9.85. The molecular formula is C108H158N6O4S2. The second-order valence-electron chi connectivity index (χ2n) is 43.1. The van der Waals surface area contributed by atoms with Crippen LogP contribution in [0.2, 0.25) is 0 Å². The summed E-state index contributed by atoms with van der Waals surface area (Å²) in [6.45, 7) is 82.3. The molecule has 0 saturated heterocycles. The molecule has 1 aromatic carbocycles. The molecule has 10 nitrogen and oxygen atoms in total. The lowest BCUT2D eigenvalue weighted by molar-refractivity contribution is 0.121. The van der Waals surface area contributed by atoms with Crippen molar-refractivity contribution in [3.05, 3.63) is 302 Å². The van der Waals surface area contributed by atoms with Gasteiger partial charge in [0.05, 0.1) is 22.7 Å². The van der Waals surface area contributed by atoms with Crippen LogP contribution < -0.4 is 0 Å². The summed E-state index contributed by atoms with van der Waals surface area (Å²) >= 11 is 3.85. The van der Waals surface area contributed by atoms with Gasteiger partial charge in [-0.25, -0.2) is 4.98 Å². The molecule has 4 atom stereocenters. The molecule has 8 aromatic heterocycles. The average Bonchev–Trinajstić information content (AvgIpc) is 1.50. The fraction of sp³-hybridized carbons (Fsp3) is 0.509. The highest BCUT2D eigenvalue weighted by Crippen LogP contribution is 2.48. The fourth-order valence-corrected chi connectivity index (χ4v) is 14.7. The third kappa shape index (κ3) is 36.0. The van der Waals surface area contributed by atoms with Gasteiger partial charge in [0.25, 0.3) is 0 Å². The van der Waals surface area contributed by atoms with Gasteiger partial charge in [-0.3, -0.25) is 15.0 Å². The number of allylic oxidation sites excluding steroid dienone is 12. The number of benzene rings is 1. The summed E-state index contributed by atoms with van der Waals surface area (Å²) in [4.78, 5) is 20.2. The number of thiophene rings is 1. The lowest BCUT2D eigenvalue weighted by Crippen LogP contribution is -2.16. The average molecular weight is 1670 g/mol. The number of ether oxygens (including phenoxy) is 1. The monoisotopic (exact) mass is 1670 g/mol. The molecule has 12 heteroatoms. The van der Waals surface area contributed by atoms with E-state index >= 15 is 0 Å². The minimum atomic E-state index is 0.138. The number of aromatic nitrogens is 6. The van der Waals surface area contributed by atoms with Gasteiger partial charge in [0.1, 0.15) is 40.7 Å². The summed E-state index contributed by atoms with van der Waals surface area (Å²) in [5.41, 5.74) is 12.1. The van der Waals surface area contributed by atoms with Gasteiger partial charge >= 0.3 is 0 Å². The first-order chi connectivity index (χ1) is 55.0. The molecule has 120 heavy (non-hydrogen) atoms. The van der Waals surface area contributed by atoms with Crippen molar-refractivity contribution < 1.29 is 18.1 Å². The van der Waals surface area contributed by atoms with Crippen LogP contribution in [0.3, 0.4) is 0 Å². The van der Waals surface area contributed by atoms with Gasteiger partial charge < -0.3 is 22.7 Å². The first-order valence-corrected chi connectivity index (χ1v) is 44.9. The molecule has 0 N–H and O–H groups in total. The second-order valence-corrected chi connectivity index (χ2v) is 45.3. The molecule has 3 aliphatic carbocycles. The SMILES string of the molecule is CC(C)(C)C1=CC2C=CC=CC2O1.CC(C)(C)C1=CC2C=CC=CC2S1.CC(C)(C)C1=CCC=C1.CC(C)(C)c1cccc2cccnc12.CC(C)(C)c1ccccn1.CC(C)(C)c1cccnc1.CC(C)(C)c1cccs1.Cc1ccc(C(C)(C)C)o1.Cc1ccc(C(C)(C)C)o1.Cc1nc(C(C)(C)C)cn1C.Cc1noc(C)c1C(C)(C)C. The molecule has 0 radical (unpaired) electrons. The van der Waals surface area contributed by atoms with E-state index in [9.17, 15) is 0 Å². The number of thioether (sulfide) groups is 1. The maximum absolute atomic E-state index is 5.85. The van der Waals surface area contributed by atoms with E-state index in [0.29, 0.717) is 33.3 Å². The third-order valence-electron chi connectivity index (χ3n) is 19.9. The largest absolute Gasteiger partial charge is 0.490 e. The molecule has 0 bridgehead atoms. The zero-order chi connectivity index (χ0) is 91.0. The summed E-state index contributed by atoms with van der Waals surface area (Å²) in [7, 11) is 2.03. The van der Waals surface area contributed by atoms with Crippen molar-refractivity contribution in [2.24, 2.45) is 35.1 Å². The summed E-state index contributed by atoms with van der Waals surface area (Å²) in [5.74, 6) is 8.34. The topological polar surface area (TPSA) is 118 Å². The molecule has 0 amide bonds. The maximum atomic E-state index is 5.85. The Morgan fingerprint density at radius 3 is 1.36 bits per heavy atom. The van der Waals surface area contributed by atoms with Gasteiger partial charge in [-0.15, -0.1) is 23.1 Å². The quantitative estimate of drug-likeness (QED) is 0.145. The molecule has 4 unspecified atom stereocenters. The number of pyridine rings is 3. The molecule has 10 heterocycles. The molecule has 0 saturated carbocycles. The van der Waals surface area contributed by atoms with Crippen molar-refractivity contribution in [1.29, 1.82) is 0 Å². The third-order valence-corrected chi connectivity index (χ3v) is 22.9. The fourth-order valence-electron chi connectivity index (χ4n) is 12.5. The standard InChI is InChI=1S/C13H15N.C12H16O.C12H16S.C9H16N2.C9H15NO.2C9H13N.2C9H14O.C9H14.C8H12S/c1-13(2,3)11-8-4-6-10-7-5-9-14-12(10)11;2*1-12(2,3)11-8-9-6-4-5-7-10(9)13-11;1-7-10-8(6-11(7)5)9(2,3)4;1-6-8(9(3,4)5)7(2)11-10-6;1-9(2,3)8-5-4-6-10-7-8;1-9(2,3)8-6-4-5-7-10-8;2*1-7-5-6-8(10-7)9(2,3)4;1-9(2,3)8-6-4-5-7-8;1-8(2,3)7-5-4-6-9-7/h4-9H,1-3H3;2*4-10H,1-3H3;6H,1-5H3;1-5H3;2*4-7H,1-3H3;2*5-6H,1-4H3;4,6-7H,5H2,1-3H3;4-6H,1-3H3. The van der Waals surface area contributed by atoms with Gasteiger partial charge in [-0.1, -0.05) is 343 Å². The Morgan fingerprint density at radius 2 is 1.02 bits per heavy atom. The number of nitrogens with zero attached hydrogens (tertiary/aromatic N) is 6. The summed E-state index contributed by atoms with van der Waals surface area (Å²) in [6, 6.07) is 32.9. The Hall–Kier alpha value is -8.32. The van der Waals surface area contributed by atoms with Crippen molar-refractivity contribution in [2.75, 3.05) is 0 Å². The number of aryl methyl sites for hydroxylation is 6. The Kier molecular flexibility index (Phi) is 38.3. The lowest BCUT2D eigenvalue weighted by Gasteiger charge is -2.22. The highest BCUT2D eigenvalue weighted by molar-refractivity contribution is 8.04. The summed E-state index contributed by atoms with van der Waals surface area (Å²) < 4.78 is 23.9. The minimum Gasteiger partial charge on any atom is -0.490 e. The zero-order valence-corrected chi connectivity index (χ0v) is 83.5. The van der Waals surface area contributed by atoms with Crippen molar-refractivity contribution in [1.82, 2.24) is 29.7 Å². The second kappa shape index (κ2) is 44.1. The van der Waals surface area contributed by atoms with Crippen LogP contribution in [0, 0.1) is 62.7 Å². The van der Waals surface area contributed by atoms with Crippen LogP contribution >= 0.6 is 23.1 Å². The van der Waals surface area contributed by atoms with Crippen LogP contribution in [0.5, 0.6) is 0 Å². The van der Waals surface area contributed by atoms with Gasteiger partial charge in [0.2, 0.25) is 0 Å². The Bertz CT molecular complexity index is 4580. The van der Waals surface area contributed by atoms with E-state index in [0.717, 1.165) is 69.4 Å². The number of rotatable bonds is 0. The van der Waals surface area contributed by atoms with Gasteiger partial charge in [0.15, 0.2) is 0 Å². The minimum absolute atomic E-state index is 0.138. The summed E-state index contributed by atoms with van der Waals surface area (Å²) in [5, 5.41) is 7.92. The first-order valence-electron chi connectivity index (χ1n) is 43.1. The van der Waals surface area contributed by atoms with E-state index < -0.39 is 0 Å². The Morgan fingerprint density at radius 1 is 0.458 bits per heavy atom. The Balaban J connectivity index is 0.000000278. The van der Waals surface area contributed by atoms with Crippen molar-refractivity contribution >= 4 is 34.0 Å². The highest BCUT2D eigenvalue weighted by Gasteiger charge is 2.34. The van der Waals surface area contributed by atoms with Crippen molar-refractivity contribution in [2.45, 2.75) is 324 Å². The normalized spacial score (nSPS) is 16.6. The number of hydrogen-bond acceptors (Lipinski definition) is 11. The predicted molar refractivity (Wildman–Crippen MR) is 521 cm³/mol. The van der Waals surface area contributed by atoms with Crippen LogP contribution in [0.4, 0.5) is 0 Å². The van der Waals surface area contributed by atoms with Gasteiger partial charge in [-0.2, -0.15) is 0 Å². The van der Waals surface area contributed by atoms with E-state index in [1.807, 2.05) is 132 Å². The van der Waals surface area contributed by atoms with Gasteiger partial charge in [-0.05, 0) is 167 Å². The van der Waals surface area contributed by atoms with Crippen LogP contribution in [0.1, 0.15) is 308 Å². The number of hydrogen-bond donors (Lipinski definition) is 0. The first kappa shape index (κ1) is 104. The number of fused-ring (bicyclic) bond motifs is 3. The highest BCUT2D eigenvalue weighted by atomic mass is 32.2. The van der Waals surface area contributed by atoms with Gasteiger partial charge in [0, 0.05) is 104 Å². The number of imidazole rings is 1. The molecular weight excluding hydrogens is 1510 g/mol. The molecule has 9 aromatic rings. The van der Waals surface area contributed by atoms with E-state index in [-0.39, 0.29) is 49.4 Å². The van der Waals surface area contributed by atoms with Crippen LogP contribution in [-0.2, 0) is 55.1 Å². The van der Waals surface area contributed by atoms with Crippen LogP contribution in [-0.4, -0.2) is 41.0 Å². The molecule has 0 fully saturated rings. The van der Waals surface area contributed by atoms with Crippen molar-refractivity contribution in [3.63, 3.8) is 0 Å². The molecule has 0 spiro atoms. The van der Waals surface area contributed by atoms with Crippen LogP contribution in [0.15, 0.2) is 242 Å².